The Morgan fingerprint density at radius 3 is 2.76 bits per heavy atom. The van der Waals surface area contributed by atoms with E-state index in [2.05, 4.69) is 15.3 Å². The average molecular weight is 407 g/mol. The van der Waals surface area contributed by atoms with Crippen LogP contribution < -0.4 is 5.32 Å². The topological polar surface area (TPSA) is 184 Å². The monoisotopic (exact) mass is 407 g/mol. The normalized spacial score (nSPS) is 27.5. The quantitative estimate of drug-likeness (QED) is 0.251. The number of amides is 1. The van der Waals surface area contributed by atoms with Crippen LogP contribution in [-0.4, -0.2) is 75.5 Å². The largest absolute Gasteiger partial charge is 0.394 e. The Kier molecular flexibility index (Phi) is 6.89. The molecule has 0 saturated carbocycles. The third-order valence-electron chi connectivity index (χ3n) is 4.62. The fraction of sp³-hybridized carbons (Fsp3) is 0.556. The SMILES string of the molecule is CCOC(C)(C)C(=O)N/C(=N/C=N)c1ccc([C@]2(C#N)O[C@H](CO)[C@@H](O)[C@H]2O)[nH]1. The van der Waals surface area contributed by atoms with Gasteiger partial charge >= 0.3 is 0 Å². The molecule has 0 unspecified atom stereocenters. The number of H-pyrrole nitrogens is 1. The molecule has 6 N–H and O–H groups in total. The number of hydrogen-bond donors (Lipinski definition) is 6. The van der Waals surface area contributed by atoms with Crippen molar-refractivity contribution in [1.82, 2.24) is 10.3 Å². The lowest BCUT2D eigenvalue weighted by Crippen LogP contribution is -2.47. The molecule has 1 amide bonds. The van der Waals surface area contributed by atoms with Crippen LogP contribution in [0, 0.1) is 16.7 Å². The van der Waals surface area contributed by atoms with Gasteiger partial charge in [-0.05, 0) is 32.9 Å². The number of amidine groups is 1. The Morgan fingerprint density at radius 2 is 2.24 bits per heavy atom. The molecule has 2 rings (SSSR count). The summed E-state index contributed by atoms with van der Waals surface area (Å²) in [6.07, 6.45) is -3.49. The first-order valence-corrected chi connectivity index (χ1v) is 8.94. The summed E-state index contributed by atoms with van der Waals surface area (Å²) in [5, 5.41) is 49.1. The minimum Gasteiger partial charge on any atom is -0.394 e. The summed E-state index contributed by atoms with van der Waals surface area (Å²) in [7, 11) is 0. The summed E-state index contributed by atoms with van der Waals surface area (Å²) in [5.74, 6) is -0.511. The van der Waals surface area contributed by atoms with Crippen molar-refractivity contribution in [2.75, 3.05) is 13.2 Å². The Hall–Kier alpha value is -2.62. The number of nitriles is 1. The molecule has 1 aromatic heterocycles. The first-order valence-electron chi connectivity index (χ1n) is 8.94. The van der Waals surface area contributed by atoms with E-state index in [1.807, 2.05) is 6.07 Å². The number of aromatic amines is 1. The summed E-state index contributed by atoms with van der Waals surface area (Å²) in [4.78, 5) is 19.1. The maximum atomic E-state index is 12.5. The lowest BCUT2D eigenvalue weighted by molar-refractivity contribution is -0.140. The number of aromatic nitrogens is 1. The molecule has 1 aromatic rings. The molecular weight excluding hydrogens is 382 g/mol. The predicted octanol–water partition coefficient (Wildman–Crippen LogP) is -0.869. The van der Waals surface area contributed by atoms with E-state index in [1.165, 1.54) is 12.1 Å². The van der Waals surface area contributed by atoms with Crippen LogP contribution in [0.25, 0.3) is 0 Å². The van der Waals surface area contributed by atoms with Crippen LogP contribution >= 0.6 is 0 Å². The first-order chi connectivity index (χ1) is 13.7. The number of carbonyl (C=O) groups is 1. The molecule has 11 heteroatoms. The van der Waals surface area contributed by atoms with Crippen molar-refractivity contribution in [2.45, 2.75) is 50.3 Å². The fourth-order valence-electron chi connectivity index (χ4n) is 3.01. The van der Waals surface area contributed by atoms with E-state index >= 15 is 0 Å². The number of nitrogens with one attached hydrogen (secondary N) is 3. The number of hydrogen-bond acceptors (Lipinski definition) is 8. The van der Waals surface area contributed by atoms with Gasteiger partial charge in [0.2, 0.25) is 5.60 Å². The highest BCUT2D eigenvalue weighted by atomic mass is 16.6. The molecule has 0 aromatic carbocycles. The number of carbonyl (C=O) groups excluding carboxylic acids is 1. The summed E-state index contributed by atoms with van der Waals surface area (Å²) in [6, 6.07) is 4.73. The molecule has 4 atom stereocenters. The third kappa shape index (κ3) is 4.21. The van der Waals surface area contributed by atoms with Gasteiger partial charge in [0.05, 0.1) is 18.0 Å². The average Bonchev–Trinajstić information content (AvgIpc) is 3.26. The van der Waals surface area contributed by atoms with Gasteiger partial charge in [0.15, 0.2) is 5.84 Å². The van der Waals surface area contributed by atoms with Crippen LogP contribution in [0.15, 0.2) is 17.1 Å². The molecule has 0 spiro atoms. The van der Waals surface area contributed by atoms with Crippen LogP contribution in [0.1, 0.15) is 32.2 Å². The molecule has 1 fully saturated rings. The second-order valence-corrected chi connectivity index (χ2v) is 6.91. The van der Waals surface area contributed by atoms with E-state index in [0.717, 1.165) is 6.34 Å². The summed E-state index contributed by atoms with van der Waals surface area (Å²) in [5.41, 5.74) is -2.77. The van der Waals surface area contributed by atoms with Crippen molar-refractivity contribution in [3.63, 3.8) is 0 Å². The Labute approximate surface area is 167 Å². The molecule has 2 heterocycles. The van der Waals surface area contributed by atoms with Gasteiger partial charge in [0.1, 0.15) is 36.3 Å². The number of aliphatic imine (C=N–C) groups is 1. The minimum atomic E-state index is -1.95. The first kappa shape index (κ1) is 22.7. The van der Waals surface area contributed by atoms with E-state index in [4.69, 9.17) is 14.9 Å². The number of nitrogens with zero attached hydrogens (tertiary/aromatic N) is 2. The van der Waals surface area contributed by atoms with Gasteiger partial charge in [0.25, 0.3) is 5.91 Å². The number of ether oxygens (including phenoxy) is 2. The molecule has 1 aliphatic rings. The maximum absolute atomic E-state index is 12.5. The molecule has 1 aliphatic heterocycles. The number of aliphatic hydroxyl groups is 3. The van der Waals surface area contributed by atoms with Gasteiger partial charge < -0.3 is 35.1 Å². The molecule has 0 radical (unpaired) electrons. The molecule has 11 nitrogen and oxygen atoms in total. The fourth-order valence-corrected chi connectivity index (χ4v) is 3.01. The van der Waals surface area contributed by atoms with E-state index in [1.54, 1.807) is 20.8 Å². The zero-order valence-corrected chi connectivity index (χ0v) is 16.3. The highest BCUT2D eigenvalue weighted by Gasteiger charge is 2.56. The van der Waals surface area contributed by atoms with Crippen molar-refractivity contribution >= 4 is 18.1 Å². The smallest absolute Gasteiger partial charge is 0.257 e. The van der Waals surface area contributed by atoms with Gasteiger partial charge in [-0.3, -0.25) is 10.2 Å². The standard InChI is InChI=1S/C18H25N5O6/c1-4-28-17(2,3)16(27)23-15(21-9-20)10-5-6-12(22-10)18(8-19)14(26)13(25)11(7-24)29-18/h5-6,9,11,13-14,22,24-26H,4,7H2,1-3H3,(H2,20,21,23,27)/t11-,13-,14-,18+/m1/s1. The zero-order chi connectivity index (χ0) is 21.8. The van der Waals surface area contributed by atoms with Crippen molar-refractivity contribution in [2.24, 2.45) is 4.99 Å². The molecule has 1 saturated heterocycles. The van der Waals surface area contributed by atoms with E-state index in [9.17, 15) is 25.4 Å². The maximum Gasteiger partial charge on any atom is 0.257 e. The molecule has 158 valence electrons. The van der Waals surface area contributed by atoms with Gasteiger partial charge in [-0.25, -0.2) is 4.99 Å². The molecule has 29 heavy (non-hydrogen) atoms. The van der Waals surface area contributed by atoms with Crippen molar-refractivity contribution in [3.8, 4) is 6.07 Å². The van der Waals surface area contributed by atoms with Gasteiger partial charge in [-0.15, -0.1) is 0 Å². The zero-order valence-electron chi connectivity index (χ0n) is 16.3. The van der Waals surface area contributed by atoms with Crippen molar-refractivity contribution < 1.29 is 29.6 Å². The van der Waals surface area contributed by atoms with E-state index < -0.39 is 42.0 Å². The molecule has 0 aliphatic carbocycles. The number of aliphatic hydroxyl groups excluding tert-OH is 3. The molecular formula is C18H25N5O6. The van der Waals surface area contributed by atoms with Crippen molar-refractivity contribution in [3.05, 3.63) is 23.5 Å². The Balaban J connectivity index is 2.35. The van der Waals surface area contributed by atoms with Gasteiger partial charge in [0, 0.05) is 6.61 Å². The third-order valence-corrected chi connectivity index (χ3v) is 4.62. The van der Waals surface area contributed by atoms with Crippen LogP contribution in [0.4, 0.5) is 0 Å². The number of rotatable bonds is 7. The molecule has 0 bridgehead atoms. The summed E-state index contributed by atoms with van der Waals surface area (Å²) in [6.45, 7) is 4.65. The second kappa shape index (κ2) is 8.81. The van der Waals surface area contributed by atoms with Crippen LogP contribution in [0.3, 0.4) is 0 Å². The van der Waals surface area contributed by atoms with Gasteiger partial charge in [-0.1, -0.05) is 0 Å². The predicted molar refractivity (Wildman–Crippen MR) is 101 cm³/mol. The highest BCUT2D eigenvalue weighted by Crippen LogP contribution is 2.39. The lowest BCUT2D eigenvalue weighted by atomic mass is 9.93. The second-order valence-electron chi connectivity index (χ2n) is 6.91. The Bertz CT molecular complexity index is 829. The van der Waals surface area contributed by atoms with Crippen LogP contribution in [0.2, 0.25) is 0 Å². The van der Waals surface area contributed by atoms with E-state index in [-0.39, 0.29) is 17.2 Å². The minimum absolute atomic E-state index is 0.0103. The van der Waals surface area contributed by atoms with Crippen LogP contribution in [0.5, 0.6) is 0 Å². The summed E-state index contributed by atoms with van der Waals surface area (Å²) >= 11 is 0. The summed E-state index contributed by atoms with van der Waals surface area (Å²) < 4.78 is 10.8. The van der Waals surface area contributed by atoms with E-state index in [0.29, 0.717) is 6.61 Å². The van der Waals surface area contributed by atoms with Crippen LogP contribution in [-0.2, 0) is 19.9 Å². The Morgan fingerprint density at radius 1 is 1.55 bits per heavy atom. The highest BCUT2D eigenvalue weighted by molar-refractivity contribution is 6.10. The lowest BCUT2D eigenvalue weighted by Gasteiger charge is -2.24. The van der Waals surface area contributed by atoms with Crippen molar-refractivity contribution in [1.29, 1.82) is 10.7 Å². The van der Waals surface area contributed by atoms with Gasteiger partial charge in [-0.2, -0.15) is 5.26 Å².